The average molecular weight is 265 g/mol. The molecule has 0 saturated carbocycles. The highest BCUT2D eigenvalue weighted by Crippen LogP contribution is 2.12. The molecule has 1 heterocycles. The normalized spacial score (nSPS) is 12.9. The molecule has 0 radical (unpaired) electrons. The SMILES string of the molecule is CCN(Cc1cccnc1C(=O)O)C(C)CN(C)C. The Morgan fingerprint density at radius 1 is 1.47 bits per heavy atom. The van der Waals surface area contributed by atoms with Gasteiger partial charge in [-0.05, 0) is 39.2 Å². The molecular weight excluding hydrogens is 242 g/mol. The van der Waals surface area contributed by atoms with Crippen LogP contribution in [0.4, 0.5) is 0 Å². The van der Waals surface area contributed by atoms with E-state index >= 15 is 0 Å². The van der Waals surface area contributed by atoms with E-state index in [1.807, 2.05) is 20.2 Å². The quantitative estimate of drug-likeness (QED) is 0.810. The van der Waals surface area contributed by atoms with Crippen molar-refractivity contribution >= 4 is 5.97 Å². The molecule has 1 unspecified atom stereocenters. The first-order valence-electron chi connectivity index (χ1n) is 6.51. The van der Waals surface area contributed by atoms with Crippen molar-refractivity contribution in [2.75, 3.05) is 27.2 Å². The predicted molar refractivity (Wildman–Crippen MR) is 75.3 cm³/mol. The van der Waals surface area contributed by atoms with Crippen molar-refractivity contribution in [3.63, 3.8) is 0 Å². The lowest BCUT2D eigenvalue weighted by atomic mass is 10.1. The minimum Gasteiger partial charge on any atom is -0.477 e. The Balaban J connectivity index is 2.84. The molecule has 5 heteroatoms. The largest absolute Gasteiger partial charge is 0.477 e. The van der Waals surface area contributed by atoms with Crippen LogP contribution in [0, 0.1) is 0 Å². The zero-order valence-electron chi connectivity index (χ0n) is 12.1. The summed E-state index contributed by atoms with van der Waals surface area (Å²) in [4.78, 5) is 19.5. The summed E-state index contributed by atoms with van der Waals surface area (Å²) >= 11 is 0. The molecule has 1 atom stereocenters. The average Bonchev–Trinajstić information content (AvgIpc) is 2.35. The van der Waals surface area contributed by atoms with Crippen molar-refractivity contribution in [2.45, 2.75) is 26.4 Å². The summed E-state index contributed by atoms with van der Waals surface area (Å²) in [5.74, 6) is -0.966. The molecule has 0 aliphatic rings. The number of carboxylic acid groups (broad SMARTS) is 1. The minimum absolute atomic E-state index is 0.151. The second kappa shape index (κ2) is 7.21. The summed E-state index contributed by atoms with van der Waals surface area (Å²) < 4.78 is 0. The van der Waals surface area contributed by atoms with E-state index in [0.717, 1.165) is 18.7 Å². The number of rotatable bonds is 7. The molecule has 1 rings (SSSR count). The molecule has 19 heavy (non-hydrogen) atoms. The molecule has 0 spiro atoms. The molecular formula is C14H23N3O2. The summed E-state index contributed by atoms with van der Waals surface area (Å²) in [5, 5.41) is 9.15. The number of pyridine rings is 1. The van der Waals surface area contributed by atoms with Gasteiger partial charge >= 0.3 is 5.97 Å². The van der Waals surface area contributed by atoms with Crippen LogP contribution in [0.1, 0.15) is 29.9 Å². The summed E-state index contributed by atoms with van der Waals surface area (Å²) in [6, 6.07) is 3.98. The van der Waals surface area contributed by atoms with Crippen LogP contribution in [0.2, 0.25) is 0 Å². The van der Waals surface area contributed by atoms with E-state index in [2.05, 4.69) is 28.6 Å². The number of aromatic nitrogens is 1. The van der Waals surface area contributed by atoms with E-state index in [4.69, 9.17) is 5.11 Å². The zero-order valence-corrected chi connectivity index (χ0v) is 12.1. The fraction of sp³-hybridized carbons (Fsp3) is 0.571. The van der Waals surface area contributed by atoms with Crippen molar-refractivity contribution in [3.8, 4) is 0 Å². The highest BCUT2D eigenvalue weighted by atomic mass is 16.4. The van der Waals surface area contributed by atoms with E-state index in [0.29, 0.717) is 12.6 Å². The minimum atomic E-state index is -0.966. The van der Waals surface area contributed by atoms with Gasteiger partial charge < -0.3 is 10.0 Å². The topological polar surface area (TPSA) is 56.7 Å². The molecule has 0 fully saturated rings. The van der Waals surface area contributed by atoms with Gasteiger partial charge in [0.25, 0.3) is 0 Å². The lowest BCUT2D eigenvalue weighted by Gasteiger charge is -2.30. The predicted octanol–water partition coefficient (Wildman–Crippen LogP) is 1.55. The Kier molecular flexibility index (Phi) is 5.92. The Hall–Kier alpha value is -1.46. The standard InChI is InChI=1S/C14H23N3O2/c1-5-17(11(2)9-16(3)4)10-12-7-6-8-15-13(12)14(18)19/h6-8,11H,5,9-10H2,1-4H3,(H,18,19). The summed E-state index contributed by atoms with van der Waals surface area (Å²) in [7, 11) is 4.08. The third-order valence-electron chi connectivity index (χ3n) is 3.13. The molecule has 1 aromatic heterocycles. The summed E-state index contributed by atoms with van der Waals surface area (Å²) in [5.41, 5.74) is 0.917. The first-order chi connectivity index (χ1) is 8.95. The number of carbonyl (C=O) groups is 1. The Morgan fingerprint density at radius 3 is 2.68 bits per heavy atom. The summed E-state index contributed by atoms with van der Waals surface area (Å²) in [6.07, 6.45) is 1.52. The van der Waals surface area contributed by atoms with Gasteiger partial charge in [-0.3, -0.25) is 4.90 Å². The van der Waals surface area contributed by atoms with Crippen LogP contribution < -0.4 is 0 Å². The second-order valence-electron chi connectivity index (χ2n) is 4.99. The highest BCUT2D eigenvalue weighted by molar-refractivity contribution is 5.86. The van der Waals surface area contributed by atoms with Gasteiger partial charge in [-0.1, -0.05) is 13.0 Å². The van der Waals surface area contributed by atoms with E-state index in [-0.39, 0.29) is 5.69 Å². The van der Waals surface area contributed by atoms with E-state index in [1.165, 1.54) is 6.20 Å². The molecule has 5 nitrogen and oxygen atoms in total. The monoisotopic (exact) mass is 265 g/mol. The molecule has 0 bridgehead atoms. The van der Waals surface area contributed by atoms with Gasteiger partial charge in [-0.2, -0.15) is 0 Å². The van der Waals surface area contributed by atoms with Gasteiger partial charge in [0.1, 0.15) is 0 Å². The lowest BCUT2D eigenvalue weighted by Crippen LogP contribution is -2.39. The number of likely N-dealkylation sites (N-methyl/N-ethyl adjacent to an activating group) is 2. The van der Waals surface area contributed by atoms with Gasteiger partial charge in [0.15, 0.2) is 5.69 Å². The smallest absolute Gasteiger partial charge is 0.354 e. The van der Waals surface area contributed by atoms with Crippen molar-refractivity contribution in [2.24, 2.45) is 0 Å². The number of aromatic carboxylic acids is 1. The van der Waals surface area contributed by atoms with Crippen LogP contribution in [0.3, 0.4) is 0 Å². The third-order valence-corrected chi connectivity index (χ3v) is 3.13. The second-order valence-corrected chi connectivity index (χ2v) is 4.99. The maximum absolute atomic E-state index is 11.1. The van der Waals surface area contributed by atoms with Crippen LogP contribution in [0.15, 0.2) is 18.3 Å². The molecule has 1 N–H and O–H groups in total. The van der Waals surface area contributed by atoms with Crippen LogP contribution in [0.25, 0.3) is 0 Å². The van der Waals surface area contributed by atoms with E-state index in [9.17, 15) is 4.79 Å². The number of nitrogens with zero attached hydrogens (tertiary/aromatic N) is 3. The summed E-state index contributed by atoms with van der Waals surface area (Å²) in [6.45, 7) is 6.67. The van der Waals surface area contributed by atoms with Gasteiger partial charge in [-0.25, -0.2) is 9.78 Å². The van der Waals surface area contributed by atoms with Crippen molar-refractivity contribution in [1.29, 1.82) is 0 Å². The van der Waals surface area contributed by atoms with Crippen LogP contribution in [-0.4, -0.2) is 59.1 Å². The fourth-order valence-electron chi connectivity index (χ4n) is 2.20. The first-order valence-corrected chi connectivity index (χ1v) is 6.51. The number of hydrogen-bond donors (Lipinski definition) is 1. The zero-order chi connectivity index (χ0) is 14.4. The molecule has 0 saturated heterocycles. The first kappa shape index (κ1) is 15.6. The third kappa shape index (κ3) is 4.61. The van der Waals surface area contributed by atoms with Crippen LogP contribution in [0.5, 0.6) is 0 Å². The molecule has 0 aliphatic heterocycles. The van der Waals surface area contributed by atoms with Crippen LogP contribution in [-0.2, 0) is 6.54 Å². The lowest BCUT2D eigenvalue weighted by molar-refractivity contribution is 0.0686. The van der Waals surface area contributed by atoms with Crippen molar-refractivity contribution in [3.05, 3.63) is 29.6 Å². The van der Waals surface area contributed by atoms with E-state index < -0.39 is 5.97 Å². The molecule has 0 amide bonds. The highest BCUT2D eigenvalue weighted by Gasteiger charge is 2.17. The molecule has 1 aromatic rings. The van der Waals surface area contributed by atoms with Crippen molar-refractivity contribution < 1.29 is 9.90 Å². The van der Waals surface area contributed by atoms with Crippen LogP contribution >= 0.6 is 0 Å². The number of hydrogen-bond acceptors (Lipinski definition) is 4. The molecule has 0 aromatic carbocycles. The van der Waals surface area contributed by atoms with Crippen molar-refractivity contribution in [1.82, 2.24) is 14.8 Å². The van der Waals surface area contributed by atoms with Gasteiger partial charge in [0, 0.05) is 25.3 Å². The number of carboxylic acids is 1. The molecule has 106 valence electrons. The van der Waals surface area contributed by atoms with E-state index in [1.54, 1.807) is 6.07 Å². The Bertz CT molecular complexity index is 421. The Labute approximate surface area is 114 Å². The molecule has 0 aliphatic carbocycles. The van der Waals surface area contributed by atoms with Gasteiger partial charge in [-0.15, -0.1) is 0 Å². The van der Waals surface area contributed by atoms with Gasteiger partial charge in [0.05, 0.1) is 0 Å². The maximum Gasteiger partial charge on any atom is 0.354 e. The fourth-order valence-corrected chi connectivity index (χ4v) is 2.20. The maximum atomic E-state index is 11.1. The Morgan fingerprint density at radius 2 is 2.16 bits per heavy atom. The van der Waals surface area contributed by atoms with Gasteiger partial charge in [0.2, 0.25) is 0 Å².